The van der Waals surface area contributed by atoms with Crippen LogP contribution < -0.4 is 15.5 Å². The number of benzene rings is 1. The van der Waals surface area contributed by atoms with Crippen molar-refractivity contribution in [1.29, 1.82) is 0 Å². The number of nitrogens with zero attached hydrogens (tertiary/aromatic N) is 5. The molecule has 2 aromatic heterocycles. The highest BCUT2D eigenvalue weighted by Gasteiger charge is 2.26. The van der Waals surface area contributed by atoms with Gasteiger partial charge in [-0.3, -0.25) is 4.57 Å². The Kier molecular flexibility index (Phi) is 8.34. The summed E-state index contributed by atoms with van der Waals surface area (Å²) in [5.41, 5.74) is 0.516. The van der Waals surface area contributed by atoms with Crippen molar-refractivity contribution >= 4 is 28.9 Å². The highest BCUT2D eigenvalue weighted by Crippen LogP contribution is 2.30. The Labute approximate surface area is 232 Å². The number of hydrogen-bond donors (Lipinski definition) is 2. The number of aromatic nitrogens is 4. The van der Waals surface area contributed by atoms with Crippen LogP contribution in [-0.2, 0) is 9.47 Å². The van der Waals surface area contributed by atoms with Crippen molar-refractivity contribution in [3.05, 3.63) is 36.2 Å². The van der Waals surface area contributed by atoms with E-state index in [1.807, 2.05) is 25.7 Å². The van der Waals surface area contributed by atoms with Gasteiger partial charge in [-0.1, -0.05) is 12.1 Å². The van der Waals surface area contributed by atoms with Gasteiger partial charge in [0.1, 0.15) is 17.2 Å². The lowest BCUT2D eigenvalue weighted by molar-refractivity contribution is 0.0488. The van der Waals surface area contributed by atoms with Crippen molar-refractivity contribution in [2.24, 2.45) is 5.92 Å². The molecule has 1 saturated carbocycles. The maximum Gasteiger partial charge on any atom is 0.407 e. The summed E-state index contributed by atoms with van der Waals surface area (Å²) < 4.78 is 40.5. The molecule has 1 aliphatic heterocycles. The van der Waals surface area contributed by atoms with Gasteiger partial charge in [-0.25, -0.2) is 18.6 Å². The lowest BCUT2D eigenvalue weighted by Gasteiger charge is -2.30. The number of ether oxygens (including phenoxy) is 2. The molecule has 0 unspecified atom stereocenters. The fourth-order valence-electron chi connectivity index (χ4n) is 5.20. The molecule has 2 N–H and O–H groups in total. The van der Waals surface area contributed by atoms with Gasteiger partial charge >= 0.3 is 6.09 Å². The standard InChI is InChI=1S/C28H37F2N7O3/c1-28(2,3)40-27(38)32-19-10-8-18(9-11-19)17-31-22-16-23(35-26(34-22)36-12-14-39-15-13-36)37-21-7-5-4-6-20(21)33-25(37)24(29)30/h4-7,16,18-19,24H,8-15,17H2,1-3H3,(H,32,38)(H,31,34,35). The molecule has 5 rings (SSSR count). The average molecular weight is 558 g/mol. The minimum atomic E-state index is -2.77. The molecule has 10 nitrogen and oxygen atoms in total. The van der Waals surface area contributed by atoms with Crippen molar-refractivity contribution in [3.8, 4) is 5.82 Å². The van der Waals surface area contributed by atoms with E-state index in [-0.39, 0.29) is 18.0 Å². The Balaban J connectivity index is 1.33. The van der Waals surface area contributed by atoms with Gasteiger partial charge in [-0.2, -0.15) is 9.97 Å². The van der Waals surface area contributed by atoms with Gasteiger partial charge < -0.3 is 25.0 Å². The monoisotopic (exact) mass is 557 g/mol. The van der Waals surface area contributed by atoms with Gasteiger partial charge in [0.25, 0.3) is 6.43 Å². The normalized spacial score (nSPS) is 20.1. The first-order chi connectivity index (χ1) is 19.2. The lowest BCUT2D eigenvalue weighted by atomic mass is 9.86. The molecule has 1 aromatic carbocycles. The Morgan fingerprint density at radius 3 is 2.52 bits per heavy atom. The summed E-state index contributed by atoms with van der Waals surface area (Å²) in [4.78, 5) is 27.8. The second-order valence-corrected chi connectivity index (χ2v) is 11.4. The molecule has 2 aliphatic rings. The van der Waals surface area contributed by atoms with Gasteiger partial charge in [0.2, 0.25) is 5.95 Å². The van der Waals surface area contributed by atoms with E-state index in [0.717, 1.165) is 25.7 Å². The Hall–Kier alpha value is -3.54. The zero-order chi connectivity index (χ0) is 28.3. The SMILES string of the molecule is CC(C)(C)OC(=O)NC1CCC(CNc2cc(-n3c(C(F)F)nc4ccccc43)nc(N3CCOCC3)n2)CC1. The van der Waals surface area contributed by atoms with Crippen molar-refractivity contribution < 1.29 is 23.0 Å². The molecule has 12 heteroatoms. The molecule has 3 aromatic rings. The first kappa shape index (κ1) is 28.0. The topological polar surface area (TPSA) is 106 Å². The van der Waals surface area contributed by atoms with Crippen LogP contribution in [0.4, 0.5) is 25.3 Å². The summed E-state index contributed by atoms with van der Waals surface area (Å²) >= 11 is 0. The predicted octanol–water partition coefficient (Wildman–Crippen LogP) is 5.09. The van der Waals surface area contributed by atoms with E-state index in [1.54, 1.807) is 30.3 Å². The number of rotatable bonds is 7. The van der Waals surface area contributed by atoms with Crippen molar-refractivity contribution in [2.45, 2.75) is 64.5 Å². The van der Waals surface area contributed by atoms with Gasteiger partial charge in [0.05, 0.1) is 24.2 Å². The minimum Gasteiger partial charge on any atom is -0.444 e. The number of nitrogens with one attached hydrogen (secondary N) is 2. The second-order valence-electron chi connectivity index (χ2n) is 11.4. The summed E-state index contributed by atoms with van der Waals surface area (Å²) in [7, 11) is 0. The number of alkyl halides is 2. The summed E-state index contributed by atoms with van der Waals surface area (Å²) in [5, 5.41) is 6.42. The Bertz CT molecular complexity index is 1310. The number of alkyl carbamates (subject to hydrolysis) is 1. The summed E-state index contributed by atoms with van der Waals surface area (Å²) in [6.07, 6.45) is 0.437. The van der Waals surface area contributed by atoms with Crippen LogP contribution in [0.25, 0.3) is 16.9 Å². The molecule has 0 atom stereocenters. The van der Waals surface area contributed by atoms with Crippen LogP contribution in [0.2, 0.25) is 0 Å². The van der Waals surface area contributed by atoms with E-state index >= 15 is 0 Å². The summed E-state index contributed by atoms with van der Waals surface area (Å²) in [6, 6.07) is 8.86. The first-order valence-electron chi connectivity index (χ1n) is 13.9. The van der Waals surface area contributed by atoms with Crippen LogP contribution in [0.1, 0.15) is 58.7 Å². The molecular formula is C28H37F2N7O3. The van der Waals surface area contributed by atoms with Gasteiger partial charge in [-0.15, -0.1) is 0 Å². The number of fused-ring (bicyclic) bond motifs is 1. The minimum absolute atomic E-state index is 0.0898. The molecule has 0 spiro atoms. The number of hydrogen-bond acceptors (Lipinski definition) is 8. The van der Waals surface area contributed by atoms with Crippen LogP contribution >= 0.6 is 0 Å². The number of carbonyl (C=O) groups is 1. The average Bonchev–Trinajstić information content (AvgIpc) is 3.32. The molecule has 1 aliphatic carbocycles. The van der Waals surface area contributed by atoms with Gasteiger partial charge in [0, 0.05) is 31.7 Å². The van der Waals surface area contributed by atoms with E-state index in [0.29, 0.717) is 67.4 Å². The van der Waals surface area contributed by atoms with Crippen LogP contribution in [0.15, 0.2) is 30.3 Å². The lowest BCUT2D eigenvalue weighted by Crippen LogP contribution is -2.41. The molecule has 2 fully saturated rings. The van der Waals surface area contributed by atoms with E-state index < -0.39 is 12.0 Å². The largest absolute Gasteiger partial charge is 0.444 e. The molecule has 3 heterocycles. The van der Waals surface area contributed by atoms with E-state index in [9.17, 15) is 13.6 Å². The summed E-state index contributed by atoms with van der Waals surface area (Å²) in [6.45, 7) is 8.55. The van der Waals surface area contributed by atoms with E-state index in [4.69, 9.17) is 19.4 Å². The predicted molar refractivity (Wildman–Crippen MR) is 148 cm³/mol. The summed E-state index contributed by atoms with van der Waals surface area (Å²) in [5.74, 6) is 1.40. The molecule has 0 radical (unpaired) electrons. The third kappa shape index (κ3) is 6.78. The van der Waals surface area contributed by atoms with Crippen molar-refractivity contribution in [2.75, 3.05) is 43.1 Å². The number of anilines is 2. The molecule has 216 valence electrons. The Morgan fingerprint density at radius 1 is 1.10 bits per heavy atom. The number of carbonyl (C=O) groups excluding carboxylic acids is 1. The van der Waals surface area contributed by atoms with Crippen LogP contribution in [0, 0.1) is 5.92 Å². The number of imidazole rings is 1. The molecule has 1 saturated heterocycles. The smallest absolute Gasteiger partial charge is 0.407 e. The van der Waals surface area contributed by atoms with Crippen molar-refractivity contribution in [1.82, 2.24) is 24.8 Å². The molecule has 1 amide bonds. The number of halogens is 2. The first-order valence-corrected chi connectivity index (χ1v) is 13.9. The number of amides is 1. The molecule has 40 heavy (non-hydrogen) atoms. The number of morpholine rings is 1. The zero-order valence-electron chi connectivity index (χ0n) is 23.2. The third-order valence-corrected chi connectivity index (χ3v) is 7.15. The van der Waals surface area contributed by atoms with Crippen LogP contribution in [0.5, 0.6) is 0 Å². The van der Waals surface area contributed by atoms with E-state index in [2.05, 4.69) is 15.6 Å². The third-order valence-electron chi connectivity index (χ3n) is 7.15. The van der Waals surface area contributed by atoms with Crippen LogP contribution in [0.3, 0.4) is 0 Å². The van der Waals surface area contributed by atoms with Crippen molar-refractivity contribution in [3.63, 3.8) is 0 Å². The molecular weight excluding hydrogens is 520 g/mol. The molecule has 0 bridgehead atoms. The quantitative estimate of drug-likeness (QED) is 0.414. The Morgan fingerprint density at radius 2 is 1.82 bits per heavy atom. The van der Waals surface area contributed by atoms with E-state index in [1.165, 1.54) is 4.57 Å². The van der Waals surface area contributed by atoms with Gasteiger partial charge in [-0.05, 0) is 64.5 Å². The maximum atomic E-state index is 14.1. The van der Waals surface area contributed by atoms with Crippen LogP contribution in [-0.4, -0.2) is 70.1 Å². The highest BCUT2D eigenvalue weighted by atomic mass is 19.3. The fraction of sp³-hybridized carbons (Fsp3) is 0.571. The number of para-hydroxylation sites is 2. The second kappa shape index (κ2) is 11.9. The maximum absolute atomic E-state index is 14.1. The highest BCUT2D eigenvalue weighted by molar-refractivity contribution is 5.78. The zero-order valence-corrected chi connectivity index (χ0v) is 23.2. The fourth-order valence-corrected chi connectivity index (χ4v) is 5.20. The van der Waals surface area contributed by atoms with Gasteiger partial charge in [0.15, 0.2) is 5.82 Å².